The van der Waals surface area contributed by atoms with Crippen LogP contribution in [0.3, 0.4) is 0 Å². The summed E-state index contributed by atoms with van der Waals surface area (Å²) in [6.07, 6.45) is 1.84. The molecule has 0 saturated carbocycles. The molecule has 0 radical (unpaired) electrons. The molecule has 1 aliphatic rings. The van der Waals surface area contributed by atoms with Gasteiger partial charge in [0.15, 0.2) is 0 Å². The highest BCUT2D eigenvalue weighted by Crippen LogP contribution is 2.26. The lowest BCUT2D eigenvalue weighted by atomic mass is 10.1. The lowest BCUT2D eigenvalue weighted by Crippen LogP contribution is -2.48. The molecule has 1 atom stereocenters. The topological polar surface area (TPSA) is 63.7 Å². The first-order chi connectivity index (χ1) is 9.87. The number of sulfonamides is 1. The lowest BCUT2D eigenvalue weighted by molar-refractivity contribution is -0.146. The molecule has 1 aromatic carbocycles. The summed E-state index contributed by atoms with van der Waals surface area (Å²) in [6, 6.07) is 2.93. The summed E-state index contributed by atoms with van der Waals surface area (Å²) in [5.74, 6) is -1.16. The largest absolute Gasteiger partial charge is 0.468 e. The molecule has 116 valence electrons. The van der Waals surface area contributed by atoms with E-state index in [1.54, 1.807) is 6.92 Å². The summed E-state index contributed by atoms with van der Waals surface area (Å²) in [4.78, 5) is 11.6. The lowest BCUT2D eigenvalue weighted by Gasteiger charge is -2.32. The van der Waals surface area contributed by atoms with Crippen LogP contribution in [0.2, 0.25) is 0 Å². The zero-order valence-electron chi connectivity index (χ0n) is 12.0. The Morgan fingerprint density at radius 3 is 2.71 bits per heavy atom. The smallest absolute Gasteiger partial charge is 0.324 e. The van der Waals surface area contributed by atoms with E-state index in [0.717, 1.165) is 16.8 Å². The van der Waals surface area contributed by atoms with Gasteiger partial charge >= 0.3 is 5.97 Å². The van der Waals surface area contributed by atoms with E-state index in [2.05, 4.69) is 4.74 Å². The summed E-state index contributed by atoms with van der Waals surface area (Å²) in [5, 5.41) is 0. The van der Waals surface area contributed by atoms with Gasteiger partial charge < -0.3 is 4.74 Å². The van der Waals surface area contributed by atoms with E-state index in [0.29, 0.717) is 18.4 Å². The summed E-state index contributed by atoms with van der Waals surface area (Å²) < 4.78 is 44.7. The number of rotatable bonds is 3. The molecule has 0 aromatic heterocycles. The highest BCUT2D eigenvalue weighted by molar-refractivity contribution is 7.89. The number of hydrogen-bond donors (Lipinski definition) is 0. The van der Waals surface area contributed by atoms with Gasteiger partial charge in [-0.25, -0.2) is 12.8 Å². The Morgan fingerprint density at radius 2 is 2.10 bits per heavy atom. The third-order valence-corrected chi connectivity index (χ3v) is 5.58. The normalized spacial score (nSPS) is 20.2. The minimum Gasteiger partial charge on any atom is -0.468 e. The van der Waals surface area contributed by atoms with Crippen LogP contribution in [-0.2, 0) is 19.6 Å². The number of aryl methyl sites for hydroxylation is 1. The first kappa shape index (κ1) is 15.9. The third kappa shape index (κ3) is 3.08. The van der Waals surface area contributed by atoms with Crippen LogP contribution in [0.5, 0.6) is 0 Å². The van der Waals surface area contributed by atoms with Crippen molar-refractivity contribution in [3.63, 3.8) is 0 Å². The average molecular weight is 315 g/mol. The van der Waals surface area contributed by atoms with Crippen molar-refractivity contribution in [2.45, 2.75) is 37.1 Å². The van der Waals surface area contributed by atoms with E-state index < -0.39 is 27.9 Å². The van der Waals surface area contributed by atoms with Gasteiger partial charge in [0.1, 0.15) is 11.9 Å². The molecule has 7 heteroatoms. The zero-order chi connectivity index (χ0) is 15.6. The summed E-state index contributed by atoms with van der Waals surface area (Å²) in [5.41, 5.74) is 0.372. The molecule has 0 spiro atoms. The Labute approximate surface area is 123 Å². The number of benzene rings is 1. The first-order valence-corrected chi connectivity index (χ1v) is 8.17. The van der Waals surface area contributed by atoms with Gasteiger partial charge in [0.05, 0.1) is 12.0 Å². The molecule has 1 fully saturated rings. The number of methoxy groups -OCH3 is 1. The first-order valence-electron chi connectivity index (χ1n) is 6.73. The molecule has 1 saturated heterocycles. The van der Waals surface area contributed by atoms with Crippen LogP contribution >= 0.6 is 0 Å². The Bertz CT molecular complexity index is 644. The van der Waals surface area contributed by atoms with Gasteiger partial charge in [0, 0.05) is 6.54 Å². The maximum absolute atomic E-state index is 13.6. The number of carbonyl (C=O) groups excluding carboxylic acids is 1. The van der Waals surface area contributed by atoms with Gasteiger partial charge in [0.2, 0.25) is 10.0 Å². The van der Waals surface area contributed by atoms with Crippen molar-refractivity contribution in [3.8, 4) is 0 Å². The van der Waals surface area contributed by atoms with Crippen molar-refractivity contribution >= 4 is 16.0 Å². The fourth-order valence-electron chi connectivity index (χ4n) is 2.43. The Balaban J connectivity index is 2.40. The molecule has 0 amide bonds. The van der Waals surface area contributed by atoms with E-state index in [1.165, 1.54) is 19.2 Å². The minimum atomic E-state index is -3.91. The Hall–Kier alpha value is -1.47. The molecule has 5 nitrogen and oxygen atoms in total. The van der Waals surface area contributed by atoms with Crippen LogP contribution in [0.1, 0.15) is 24.8 Å². The zero-order valence-corrected chi connectivity index (χ0v) is 12.8. The van der Waals surface area contributed by atoms with Crippen molar-refractivity contribution in [2.24, 2.45) is 0 Å². The monoisotopic (exact) mass is 315 g/mol. The molecule has 0 aliphatic carbocycles. The highest BCUT2D eigenvalue weighted by atomic mass is 32.2. The summed E-state index contributed by atoms with van der Waals surface area (Å²) in [6.45, 7) is 1.79. The van der Waals surface area contributed by atoms with Crippen LogP contribution < -0.4 is 0 Å². The quantitative estimate of drug-likeness (QED) is 0.799. The summed E-state index contributed by atoms with van der Waals surface area (Å²) in [7, 11) is -2.68. The number of carbonyl (C=O) groups is 1. The maximum Gasteiger partial charge on any atom is 0.324 e. The molecule has 1 aromatic rings. The van der Waals surface area contributed by atoms with E-state index in [4.69, 9.17) is 0 Å². The summed E-state index contributed by atoms with van der Waals surface area (Å²) >= 11 is 0. The minimum absolute atomic E-state index is 0.138. The van der Waals surface area contributed by atoms with Gasteiger partial charge in [0.25, 0.3) is 0 Å². The predicted molar refractivity (Wildman–Crippen MR) is 74.7 cm³/mol. The molecule has 1 heterocycles. The van der Waals surface area contributed by atoms with Crippen LogP contribution in [-0.4, -0.2) is 38.4 Å². The molecular weight excluding hydrogens is 297 g/mol. The van der Waals surface area contributed by atoms with Crippen molar-refractivity contribution in [1.29, 1.82) is 0 Å². The maximum atomic E-state index is 13.6. The SMILES string of the molecule is COC(=O)C1CCCCN1S(=O)(=O)c1ccc(C)c(F)c1. The van der Waals surface area contributed by atoms with Crippen molar-refractivity contribution in [2.75, 3.05) is 13.7 Å². The Morgan fingerprint density at radius 1 is 1.38 bits per heavy atom. The molecule has 1 aliphatic heterocycles. The fourth-order valence-corrected chi connectivity index (χ4v) is 4.09. The van der Waals surface area contributed by atoms with Crippen LogP contribution in [0.15, 0.2) is 23.1 Å². The van der Waals surface area contributed by atoms with E-state index in [9.17, 15) is 17.6 Å². The van der Waals surface area contributed by atoms with Crippen molar-refractivity contribution < 1.29 is 22.3 Å². The van der Waals surface area contributed by atoms with Crippen molar-refractivity contribution in [1.82, 2.24) is 4.31 Å². The number of nitrogens with zero attached hydrogens (tertiary/aromatic N) is 1. The van der Waals surface area contributed by atoms with Gasteiger partial charge in [-0.05, 0) is 43.9 Å². The van der Waals surface area contributed by atoms with Gasteiger partial charge in [-0.15, -0.1) is 0 Å². The number of halogens is 1. The third-order valence-electron chi connectivity index (χ3n) is 3.68. The van der Waals surface area contributed by atoms with E-state index >= 15 is 0 Å². The second kappa shape index (κ2) is 6.11. The van der Waals surface area contributed by atoms with Gasteiger partial charge in [-0.3, -0.25) is 4.79 Å². The number of hydrogen-bond acceptors (Lipinski definition) is 4. The van der Waals surface area contributed by atoms with Crippen LogP contribution in [0.25, 0.3) is 0 Å². The molecule has 21 heavy (non-hydrogen) atoms. The molecule has 0 bridgehead atoms. The van der Waals surface area contributed by atoms with Crippen LogP contribution in [0, 0.1) is 12.7 Å². The van der Waals surface area contributed by atoms with E-state index in [-0.39, 0.29) is 11.4 Å². The average Bonchev–Trinajstić information content (AvgIpc) is 2.49. The predicted octanol–water partition coefficient (Wildman–Crippen LogP) is 1.85. The number of piperidine rings is 1. The second-order valence-corrected chi connectivity index (χ2v) is 6.95. The van der Waals surface area contributed by atoms with E-state index in [1.807, 2.05) is 0 Å². The van der Waals surface area contributed by atoms with Crippen molar-refractivity contribution in [3.05, 3.63) is 29.6 Å². The van der Waals surface area contributed by atoms with Gasteiger partial charge in [-0.1, -0.05) is 6.07 Å². The second-order valence-electron chi connectivity index (χ2n) is 5.06. The van der Waals surface area contributed by atoms with Gasteiger partial charge in [-0.2, -0.15) is 4.31 Å². The standard InChI is InChI=1S/C14H18FNO4S/c1-10-6-7-11(9-12(10)15)21(18,19)16-8-4-3-5-13(16)14(17)20-2/h6-7,9,13H,3-5,8H2,1-2H3. The number of esters is 1. The molecule has 1 unspecified atom stereocenters. The molecular formula is C14H18FNO4S. The fraction of sp³-hybridized carbons (Fsp3) is 0.500. The molecule has 0 N–H and O–H groups in total. The molecule has 2 rings (SSSR count). The van der Waals surface area contributed by atoms with Crippen LogP contribution in [0.4, 0.5) is 4.39 Å². The number of ether oxygens (including phenoxy) is 1. The highest BCUT2D eigenvalue weighted by Gasteiger charge is 2.38. The Kier molecular flexibility index (Phi) is 4.63.